The SMILES string of the molecule is O=C(c1cccc(OCc2ccccc2)c1)N1CC(n2cc(Cn3nccn3)nn2)C1. The molecule has 156 valence electrons. The van der Waals surface area contributed by atoms with Crippen LogP contribution in [-0.4, -0.2) is 53.9 Å². The number of likely N-dealkylation sites (tertiary alicyclic amines) is 1. The van der Waals surface area contributed by atoms with Crippen molar-refractivity contribution >= 4 is 5.91 Å². The smallest absolute Gasteiger partial charge is 0.254 e. The van der Waals surface area contributed by atoms with E-state index in [0.29, 0.717) is 37.6 Å². The van der Waals surface area contributed by atoms with Gasteiger partial charge in [0.2, 0.25) is 0 Å². The monoisotopic (exact) mass is 415 g/mol. The number of rotatable bonds is 7. The third-order valence-corrected chi connectivity index (χ3v) is 5.18. The number of amides is 1. The van der Waals surface area contributed by atoms with Gasteiger partial charge in [0.15, 0.2) is 0 Å². The van der Waals surface area contributed by atoms with Gasteiger partial charge in [-0.05, 0) is 23.8 Å². The van der Waals surface area contributed by atoms with Crippen LogP contribution in [0, 0.1) is 0 Å². The molecule has 1 saturated heterocycles. The lowest BCUT2D eigenvalue weighted by Crippen LogP contribution is -2.50. The van der Waals surface area contributed by atoms with Crippen LogP contribution in [0.4, 0.5) is 0 Å². The van der Waals surface area contributed by atoms with Crippen molar-refractivity contribution in [2.24, 2.45) is 0 Å². The molecule has 4 aromatic rings. The Hall–Kier alpha value is -4.01. The van der Waals surface area contributed by atoms with E-state index in [4.69, 9.17) is 4.74 Å². The molecule has 0 aliphatic carbocycles. The van der Waals surface area contributed by atoms with Crippen LogP contribution in [-0.2, 0) is 13.2 Å². The van der Waals surface area contributed by atoms with Crippen LogP contribution in [0.25, 0.3) is 0 Å². The van der Waals surface area contributed by atoms with Crippen molar-refractivity contribution in [1.29, 1.82) is 0 Å². The second-order valence-corrected chi connectivity index (χ2v) is 7.42. The highest BCUT2D eigenvalue weighted by Crippen LogP contribution is 2.24. The zero-order chi connectivity index (χ0) is 21.0. The van der Waals surface area contributed by atoms with Crippen molar-refractivity contribution in [3.05, 3.63) is 90.0 Å². The van der Waals surface area contributed by atoms with E-state index in [1.54, 1.807) is 28.2 Å². The highest BCUT2D eigenvalue weighted by Gasteiger charge is 2.33. The molecule has 0 unspecified atom stereocenters. The van der Waals surface area contributed by atoms with E-state index in [1.165, 1.54) is 0 Å². The molecule has 0 N–H and O–H groups in total. The number of nitrogens with zero attached hydrogens (tertiary/aromatic N) is 7. The topological polar surface area (TPSA) is 91.0 Å². The van der Waals surface area contributed by atoms with Crippen LogP contribution in [0.5, 0.6) is 5.75 Å². The summed E-state index contributed by atoms with van der Waals surface area (Å²) in [6.45, 7) is 2.12. The predicted octanol–water partition coefficient (Wildman–Crippen LogP) is 2.19. The Morgan fingerprint density at radius 1 is 1.03 bits per heavy atom. The van der Waals surface area contributed by atoms with Gasteiger partial charge in [-0.1, -0.05) is 41.6 Å². The molecule has 1 fully saturated rings. The van der Waals surface area contributed by atoms with Gasteiger partial charge in [-0.15, -0.1) is 5.10 Å². The number of benzene rings is 2. The van der Waals surface area contributed by atoms with Crippen LogP contribution in [0.3, 0.4) is 0 Å². The largest absolute Gasteiger partial charge is 0.489 e. The minimum atomic E-state index is -0.0116. The van der Waals surface area contributed by atoms with Crippen molar-refractivity contribution in [3.63, 3.8) is 0 Å². The first-order chi connectivity index (χ1) is 15.2. The number of carbonyl (C=O) groups excluding carboxylic acids is 1. The summed E-state index contributed by atoms with van der Waals surface area (Å²) in [5.74, 6) is 0.669. The van der Waals surface area contributed by atoms with Gasteiger partial charge in [-0.25, -0.2) is 4.68 Å². The minimum absolute atomic E-state index is 0.0116. The van der Waals surface area contributed by atoms with E-state index in [1.807, 2.05) is 59.4 Å². The second-order valence-electron chi connectivity index (χ2n) is 7.42. The maximum absolute atomic E-state index is 12.9. The van der Waals surface area contributed by atoms with Crippen molar-refractivity contribution in [1.82, 2.24) is 34.9 Å². The Labute approximate surface area is 178 Å². The quantitative estimate of drug-likeness (QED) is 0.460. The molecule has 0 atom stereocenters. The first-order valence-electron chi connectivity index (χ1n) is 10.1. The lowest BCUT2D eigenvalue weighted by Gasteiger charge is -2.38. The number of aromatic nitrogens is 6. The Morgan fingerprint density at radius 3 is 2.65 bits per heavy atom. The highest BCUT2D eigenvalue weighted by molar-refractivity contribution is 5.95. The molecule has 0 spiro atoms. The highest BCUT2D eigenvalue weighted by atomic mass is 16.5. The fourth-order valence-corrected chi connectivity index (χ4v) is 3.47. The average molecular weight is 415 g/mol. The molecule has 1 amide bonds. The lowest BCUT2D eigenvalue weighted by molar-refractivity contribution is 0.0498. The minimum Gasteiger partial charge on any atom is -0.489 e. The van der Waals surface area contributed by atoms with Crippen molar-refractivity contribution in [2.45, 2.75) is 19.2 Å². The van der Waals surface area contributed by atoms with Crippen LogP contribution < -0.4 is 4.74 Å². The summed E-state index contributed by atoms with van der Waals surface area (Å²) in [5, 5.41) is 16.5. The molecule has 2 aromatic heterocycles. The molecule has 3 heterocycles. The molecule has 0 saturated carbocycles. The van der Waals surface area contributed by atoms with Gasteiger partial charge in [0.25, 0.3) is 5.91 Å². The number of carbonyl (C=O) groups is 1. The van der Waals surface area contributed by atoms with Crippen molar-refractivity contribution < 1.29 is 9.53 Å². The maximum atomic E-state index is 12.9. The number of hydrogen-bond donors (Lipinski definition) is 0. The Kier molecular flexibility index (Phi) is 5.14. The van der Waals surface area contributed by atoms with Crippen LogP contribution in [0.1, 0.15) is 27.7 Å². The van der Waals surface area contributed by atoms with Crippen LogP contribution >= 0.6 is 0 Å². The van der Waals surface area contributed by atoms with E-state index >= 15 is 0 Å². The van der Waals surface area contributed by atoms with Crippen molar-refractivity contribution in [2.75, 3.05) is 13.1 Å². The second kappa shape index (κ2) is 8.39. The van der Waals surface area contributed by atoms with Gasteiger partial charge in [0, 0.05) is 18.7 Å². The van der Waals surface area contributed by atoms with Gasteiger partial charge in [0.05, 0.1) is 24.6 Å². The van der Waals surface area contributed by atoms with Gasteiger partial charge in [-0.2, -0.15) is 15.0 Å². The number of ether oxygens (including phenoxy) is 1. The zero-order valence-corrected chi connectivity index (χ0v) is 16.8. The molecular formula is C22H21N7O2. The fraction of sp³-hybridized carbons (Fsp3) is 0.227. The molecule has 9 nitrogen and oxygen atoms in total. The third kappa shape index (κ3) is 4.30. The summed E-state index contributed by atoms with van der Waals surface area (Å²) in [6, 6.07) is 17.4. The Balaban J connectivity index is 1.16. The maximum Gasteiger partial charge on any atom is 0.254 e. The van der Waals surface area contributed by atoms with Gasteiger partial charge in [-0.3, -0.25) is 4.79 Å². The molecule has 9 heteroatoms. The van der Waals surface area contributed by atoms with Crippen LogP contribution in [0.15, 0.2) is 73.2 Å². The molecule has 0 bridgehead atoms. The zero-order valence-electron chi connectivity index (χ0n) is 16.8. The average Bonchev–Trinajstić information content (AvgIpc) is 3.45. The Morgan fingerprint density at radius 2 is 1.84 bits per heavy atom. The van der Waals surface area contributed by atoms with E-state index < -0.39 is 0 Å². The molecule has 5 rings (SSSR count). The van der Waals surface area contributed by atoms with E-state index in [9.17, 15) is 4.79 Å². The fourth-order valence-electron chi connectivity index (χ4n) is 3.47. The molecule has 0 radical (unpaired) electrons. The normalized spacial score (nSPS) is 13.7. The summed E-state index contributed by atoms with van der Waals surface area (Å²) < 4.78 is 7.65. The summed E-state index contributed by atoms with van der Waals surface area (Å²) >= 11 is 0. The van der Waals surface area contributed by atoms with Gasteiger partial charge >= 0.3 is 0 Å². The molecule has 1 aliphatic rings. The van der Waals surface area contributed by atoms with Crippen molar-refractivity contribution in [3.8, 4) is 5.75 Å². The summed E-state index contributed by atoms with van der Waals surface area (Å²) in [5.41, 5.74) is 2.48. The summed E-state index contributed by atoms with van der Waals surface area (Å²) in [7, 11) is 0. The third-order valence-electron chi connectivity index (χ3n) is 5.18. The van der Waals surface area contributed by atoms with Gasteiger partial charge in [0.1, 0.15) is 24.6 Å². The molecule has 2 aromatic carbocycles. The summed E-state index contributed by atoms with van der Waals surface area (Å²) in [6.07, 6.45) is 5.14. The van der Waals surface area contributed by atoms with E-state index in [2.05, 4.69) is 20.5 Å². The van der Waals surface area contributed by atoms with Crippen LogP contribution in [0.2, 0.25) is 0 Å². The first-order valence-corrected chi connectivity index (χ1v) is 10.1. The standard InChI is InChI=1S/C22H21N7O2/c30-22(18-7-4-8-21(11-18)31-16-17-5-2-1-3-6-17)27-14-20(15-27)28-12-19(25-26-28)13-29-23-9-10-24-29/h1-12,20H,13-16H2. The van der Waals surface area contributed by atoms with Gasteiger partial charge < -0.3 is 9.64 Å². The van der Waals surface area contributed by atoms with E-state index in [-0.39, 0.29) is 11.9 Å². The Bertz CT molecular complexity index is 1150. The number of hydrogen-bond acceptors (Lipinski definition) is 6. The lowest BCUT2D eigenvalue weighted by atomic mass is 10.1. The first kappa shape index (κ1) is 19.0. The predicted molar refractivity (Wildman–Crippen MR) is 111 cm³/mol. The molecule has 31 heavy (non-hydrogen) atoms. The molecular weight excluding hydrogens is 394 g/mol. The summed E-state index contributed by atoms with van der Waals surface area (Å²) in [4.78, 5) is 16.2. The van der Waals surface area contributed by atoms with E-state index in [0.717, 1.165) is 11.3 Å². The molecule has 1 aliphatic heterocycles.